The summed E-state index contributed by atoms with van der Waals surface area (Å²) < 4.78 is 15.6. The molecule has 1 aromatic carbocycles. The number of nitrogens with zero attached hydrogens (tertiary/aromatic N) is 1. The van der Waals surface area contributed by atoms with Crippen LogP contribution < -0.4 is 10.1 Å². The molecular weight excluding hydrogens is 384 g/mol. The maximum Gasteiger partial charge on any atom is 0.330 e. The number of methoxy groups -OCH3 is 1. The highest BCUT2D eigenvalue weighted by Crippen LogP contribution is 2.41. The Morgan fingerprint density at radius 2 is 2.11 bits per heavy atom. The Balaban J connectivity index is 1.57. The van der Waals surface area contributed by atoms with E-state index in [2.05, 4.69) is 5.32 Å². The molecule has 1 aliphatic rings. The van der Waals surface area contributed by atoms with E-state index in [0.29, 0.717) is 22.9 Å². The van der Waals surface area contributed by atoms with Crippen molar-refractivity contribution in [2.75, 3.05) is 24.8 Å². The lowest BCUT2D eigenvalue weighted by Crippen LogP contribution is -2.43. The third-order valence-electron chi connectivity index (χ3n) is 4.12. The molecule has 0 aliphatic carbocycles. The van der Waals surface area contributed by atoms with Gasteiger partial charge in [0.25, 0.3) is 5.91 Å². The molecule has 148 valence electrons. The van der Waals surface area contributed by atoms with Crippen molar-refractivity contribution < 1.29 is 28.3 Å². The van der Waals surface area contributed by atoms with Crippen molar-refractivity contribution in [3.05, 3.63) is 48.4 Å². The van der Waals surface area contributed by atoms with Crippen molar-refractivity contribution in [1.29, 1.82) is 0 Å². The van der Waals surface area contributed by atoms with Gasteiger partial charge in [0, 0.05) is 24.4 Å². The van der Waals surface area contributed by atoms with Gasteiger partial charge in [-0.2, -0.15) is 0 Å². The fraction of sp³-hybridized carbons (Fsp3) is 0.316. The van der Waals surface area contributed by atoms with E-state index in [1.807, 2.05) is 0 Å². The normalized spacial score (nSPS) is 18.6. The molecule has 3 rings (SSSR count). The number of hydrogen-bond acceptors (Lipinski definition) is 7. The number of furan rings is 1. The fourth-order valence-corrected chi connectivity index (χ4v) is 4.27. The molecule has 1 fully saturated rings. The van der Waals surface area contributed by atoms with Crippen molar-refractivity contribution in [1.82, 2.24) is 4.90 Å². The van der Waals surface area contributed by atoms with Gasteiger partial charge in [0.05, 0.1) is 13.4 Å². The zero-order chi connectivity index (χ0) is 20.1. The van der Waals surface area contributed by atoms with Crippen molar-refractivity contribution in [3.63, 3.8) is 0 Å². The van der Waals surface area contributed by atoms with Gasteiger partial charge in [-0.05, 0) is 24.3 Å². The first kappa shape index (κ1) is 19.8. The van der Waals surface area contributed by atoms with Crippen LogP contribution in [-0.2, 0) is 19.1 Å². The Labute approximate surface area is 166 Å². The average Bonchev–Trinajstić information content (AvgIpc) is 3.35. The average molecular weight is 404 g/mol. The van der Waals surface area contributed by atoms with Crippen molar-refractivity contribution in [3.8, 4) is 5.75 Å². The van der Waals surface area contributed by atoms with Crippen LogP contribution >= 0.6 is 11.8 Å². The van der Waals surface area contributed by atoms with Crippen molar-refractivity contribution >= 4 is 35.2 Å². The lowest BCUT2D eigenvalue weighted by molar-refractivity contribution is -0.155. The smallest absolute Gasteiger partial charge is 0.330 e. The molecule has 0 unspecified atom stereocenters. The molecule has 0 radical (unpaired) electrons. The monoisotopic (exact) mass is 404 g/mol. The van der Waals surface area contributed by atoms with E-state index in [-0.39, 0.29) is 5.91 Å². The van der Waals surface area contributed by atoms with Gasteiger partial charge in [-0.3, -0.25) is 9.59 Å². The molecule has 2 atom stereocenters. The molecule has 0 bridgehead atoms. The summed E-state index contributed by atoms with van der Waals surface area (Å²) in [4.78, 5) is 38.0. The predicted molar refractivity (Wildman–Crippen MR) is 103 cm³/mol. The second kappa shape index (κ2) is 8.83. The molecule has 1 aliphatic heterocycles. The lowest BCUT2D eigenvalue weighted by atomic mass is 10.2. The third-order valence-corrected chi connectivity index (χ3v) is 5.41. The fourth-order valence-electron chi connectivity index (χ4n) is 2.85. The van der Waals surface area contributed by atoms with Crippen LogP contribution in [0.5, 0.6) is 5.75 Å². The number of benzene rings is 1. The molecule has 1 aromatic heterocycles. The maximum absolute atomic E-state index is 12.5. The van der Waals surface area contributed by atoms with Crippen LogP contribution in [0, 0.1) is 0 Å². The highest BCUT2D eigenvalue weighted by molar-refractivity contribution is 7.99. The summed E-state index contributed by atoms with van der Waals surface area (Å²) in [6.45, 7) is 0.936. The van der Waals surface area contributed by atoms with Crippen LogP contribution in [0.25, 0.3) is 0 Å². The molecule has 1 N–H and O–H groups in total. The summed E-state index contributed by atoms with van der Waals surface area (Å²) >= 11 is 1.41. The van der Waals surface area contributed by atoms with Gasteiger partial charge in [-0.1, -0.05) is 6.07 Å². The predicted octanol–water partition coefficient (Wildman–Crippen LogP) is 2.43. The Morgan fingerprint density at radius 3 is 2.79 bits per heavy atom. The van der Waals surface area contributed by atoms with Crippen molar-refractivity contribution in [2.24, 2.45) is 0 Å². The first-order valence-corrected chi connectivity index (χ1v) is 9.59. The number of esters is 1. The summed E-state index contributed by atoms with van der Waals surface area (Å²) in [5.41, 5.74) is 0.528. The number of anilines is 1. The first-order chi connectivity index (χ1) is 13.5. The zero-order valence-electron chi connectivity index (χ0n) is 15.4. The van der Waals surface area contributed by atoms with E-state index >= 15 is 0 Å². The number of carbonyl (C=O) groups is 3. The third kappa shape index (κ3) is 4.48. The van der Waals surface area contributed by atoms with E-state index in [9.17, 15) is 14.4 Å². The quantitative estimate of drug-likeness (QED) is 0.739. The number of nitrogens with one attached hydrogen (secondary N) is 1. The summed E-state index contributed by atoms with van der Waals surface area (Å²) in [6.07, 6.45) is 1.52. The van der Waals surface area contributed by atoms with E-state index in [0.717, 1.165) is 0 Å². The Hall–Kier alpha value is -2.94. The van der Waals surface area contributed by atoms with Crippen LogP contribution in [0.2, 0.25) is 0 Å². The number of thioether (sulfide) groups is 1. The second-order valence-electron chi connectivity index (χ2n) is 6.03. The zero-order valence-corrected chi connectivity index (χ0v) is 16.2. The number of ether oxygens (including phenoxy) is 2. The Morgan fingerprint density at radius 1 is 1.29 bits per heavy atom. The Bertz CT molecular complexity index is 854. The first-order valence-electron chi connectivity index (χ1n) is 8.54. The highest BCUT2D eigenvalue weighted by atomic mass is 32.2. The van der Waals surface area contributed by atoms with E-state index in [1.54, 1.807) is 36.4 Å². The molecule has 28 heavy (non-hydrogen) atoms. The molecule has 1 saturated heterocycles. The number of amides is 2. The summed E-state index contributed by atoms with van der Waals surface area (Å²) in [5.74, 6) is 0.169. The number of hydrogen-bond donors (Lipinski definition) is 1. The van der Waals surface area contributed by atoms with Gasteiger partial charge in [0.1, 0.15) is 22.9 Å². The minimum Gasteiger partial charge on any atom is -0.497 e. The van der Waals surface area contributed by atoms with E-state index in [1.165, 1.54) is 37.0 Å². The largest absolute Gasteiger partial charge is 0.497 e. The molecule has 2 aromatic rings. The molecule has 0 spiro atoms. The standard InChI is InChI=1S/C19H20N2O6S/c1-12(22)21-15(11-28-18(21)16-7-4-8-26-16)19(24)27-10-17(23)20-13-5-3-6-14(9-13)25-2/h3-9,15,18H,10-11H2,1-2H3,(H,20,23)/t15-,18-/m0/s1. The van der Waals surface area contributed by atoms with Crippen LogP contribution in [0.4, 0.5) is 5.69 Å². The molecule has 9 heteroatoms. The van der Waals surface area contributed by atoms with Gasteiger partial charge in [0.15, 0.2) is 6.61 Å². The van der Waals surface area contributed by atoms with Gasteiger partial charge < -0.3 is 24.1 Å². The van der Waals surface area contributed by atoms with Gasteiger partial charge in [0.2, 0.25) is 5.91 Å². The number of carbonyl (C=O) groups excluding carboxylic acids is 3. The summed E-state index contributed by atoms with van der Waals surface area (Å²) in [7, 11) is 1.53. The minimum atomic E-state index is -0.776. The maximum atomic E-state index is 12.5. The summed E-state index contributed by atoms with van der Waals surface area (Å²) in [6, 6.07) is 9.53. The van der Waals surface area contributed by atoms with Crippen LogP contribution in [0.15, 0.2) is 47.1 Å². The van der Waals surface area contributed by atoms with Crippen LogP contribution in [-0.4, -0.2) is 48.2 Å². The molecule has 2 heterocycles. The minimum absolute atomic E-state index is 0.269. The van der Waals surface area contributed by atoms with Gasteiger partial charge in [-0.25, -0.2) is 4.79 Å². The molecule has 2 amide bonds. The van der Waals surface area contributed by atoms with E-state index < -0.39 is 29.9 Å². The number of rotatable bonds is 6. The molecule has 0 saturated carbocycles. The van der Waals surface area contributed by atoms with Gasteiger partial charge in [-0.15, -0.1) is 11.8 Å². The molecule has 8 nitrogen and oxygen atoms in total. The summed E-state index contributed by atoms with van der Waals surface area (Å²) in [5, 5.41) is 2.24. The Kier molecular flexibility index (Phi) is 6.25. The van der Waals surface area contributed by atoms with E-state index in [4.69, 9.17) is 13.9 Å². The lowest BCUT2D eigenvalue weighted by Gasteiger charge is -2.25. The van der Waals surface area contributed by atoms with Crippen molar-refractivity contribution in [2.45, 2.75) is 18.3 Å². The second-order valence-corrected chi connectivity index (χ2v) is 7.14. The van der Waals surface area contributed by atoms with Crippen LogP contribution in [0.1, 0.15) is 18.1 Å². The SMILES string of the molecule is COc1cccc(NC(=O)COC(=O)[C@@H]2CS[C@@H](c3ccco3)N2C(C)=O)c1. The van der Waals surface area contributed by atoms with Crippen LogP contribution in [0.3, 0.4) is 0 Å². The highest BCUT2D eigenvalue weighted by Gasteiger charge is 2.43. The topological polar surface area (TPSA) is 98.1 Å². The molecular formula is C19H20N2O6S. The van der Waals surface area contributed by atoms with Gasteiger partial charge >= 0.3 is 5.97 Å².